The van der Waals surface area contributed by atoms with Gasteiger partial charge in [-0.15, -0.1) is 0 Å². The summed E-state index contributed by atoms with van der Waals surface area (Å²) < 4.78 is 56.8. The minimum absolute atomic E-state index is 0.0503. The Bertz CT molecular complexity index is 998. The fraction of sp³-hybridized carbons (Fsp3) is 1.00. The predicted molar refractivity (Wildman–Crippen MR) is 350 cm³/mol. The van der Waals surface area contributed by atoms with Crippen LogP contribution in [0.3, 0.4) is 0 Å². The Morgan fingerprint density at radius 3 is 0.912 bits per heavy atom. The van der Waals surface area contributed by atoms with Gasteiger partial charge in [-0.2, -0.15) is 0 Å². The van der Waals surface area contributed by atoms with Gasteiger partial charge in [0.1, 0.15) is 0 Å². The van der Waals surface area contributed by atoms with Gasteiger partial charge in [-0.1, -0.05) is 98.8 Å². The van der Waals surface area contributed by atoms with Crippen LogP contribution in [-0.4, -0.2) is 142 Å². The molecule has 0 spiro atoms. The van der Waals surface area contributed by atoms with E-state index in [1.165, 1.54) is 116 Å². The van der Waals surface area contributed by atoms with Crippen molar-refractivity contribution >= 4 is 0 Å². The van der Waals surface area contributed by atoms with Crippen LogP contribution in [0.15, 0.2) is 0 Å². The van der Waals surface area contributed by atoms with E-state index in [-0.39, 0.29) is 11.2 Å². The van der Waals surface area contributed by atoms with E-state index < -0.39 is 0 Å². The number of rotatable bonds is 24. The summed E-state index contributed by atoms with van der Waals surface area (Å²) in [5, 5.41) is 0. The lowest BCUT2D eigenvalue weighted by Crippen LogP contribution is -2.22. The summed E-state index contributed by atoms with van der Waals surface area (Å²) in [6.07, 6.45) is 28.7. The molecule has 0 aliphatic heterocycles. The molecule has 80 heavy (non-hydrogen) atoms. The van der Waals surface area contributed by atoms with Crippen LogP contribution in [-0.2, 0) is 52.1 Å². The Morgan fingerprint density at radius 2 is 0.725 bits per heavy atom. The van der Waals surface area contributed by atoms with Gasteiger partial charge in [-0.05, 0) is 213 Å². The van der Waals surface area contributed by atoms with Gasteiger partial charge in [0, 0.05) is 106 Å². The largest absolute Gasteiger partial charge is 0.385 e. The molecular formula is C69H152O11. The van der Waals surface area contributed by atoms with E-state index in [0.29, 0.717) is 23.7 Å². The van der Waals surface area contributed by atoms with E-state index in [1.807, 2.05) is 69.2 Å². The van der Waals surface area contributed by atoms with Gasteiger partial charge < -0.3 is 52.1 Å². The van der Waals surface area contributed by atoms with E-state index >= 15 is 0 Å². The van der Waals surface area contributed by atoms with Crippen LogP contribution in [0.2, 0.25) is 0 Å². The smallest absolute Gasteiger partial charge is 0.0623 e. The van der Waals surface area contributed by atoms with Gasteiger partial charge in [0.25, 0.3) is 0 Å². The van der Waals surface area contributed by atoms with Crippen LogP contribution in [0.1, 0.15) is 295 Å². The van der Waals surface area contributed by atoms with Crippen LogP contribution in [0.5, 0.6) is 0 Å². The maximum absolute atomic E-state index is 5.48. The fourth-order valence-corrected chi connectivity index (χ4v) is 8.02. The maximum Gasteiger partial charge on any atom is 0.0623 e. The first kappa shape index (κ1) is 93.3. The quantitative estimate of drug-likeness (QED) is 0.0864. The molecule has 0 radical (unpaired) electrons. The van der Waals surface area contributed by atoms with E-state index in [1.54, 1.807) is 7.11 Å². The van der Waals surface area contributed by atoms with Crippen LogP contribution in [0, 0.1) is 17.3 Å². The van der Waals surface area contributed by atoms with Gasteiger partial charge in [0.05, 0.1) is 36.1 Å². The predicted octanol–water partition coefficient (Wildman–Crippen LogP) is 19.8. The standard InChI is InChI=1S/C9H18O.2C8H16O.C7H14O.2C7H16O.C6H14O.2C5H12O.C4H10O.C3H8O/c1-2-10-8-9-6-4-3-5-7-9;1-2-9-7-8-5-3-4-6-8;1-2-9-8-6-4-3-5-7-8;1-2-8-7-5-3-4-6-7;1-5-8-6-7(2,3)4;1-5-7(3,4)8-6-2;1-5-7-6(2,3)4;1-4-6-5(2)3;1-3-5-6-4-2;1-3-5-4-2;1-3-4-2/h9H,2-8H2,1H3;2*8H,2-7H2,1H3;7H,2-6H2,1H3;2*5-6H2,1-4H3;5H2,1-4H3;5H,4H2,1-3H3;3-5H2,1-2H3;3-4H2,1-2H3;3H2,1-2H3. The fourth-order valence-electron chi connectivity index (χ4n) is 8.02. The second-order valence-electron chi connectivity index (χ2n) is 23.4. The molecule has 0 unspecified atom stereocenters. The number of hydrogen-bond donors (Lipinski definition) is 0. The van der Waals surface area contributed by atoms with Gasteiger partial charge in [0.15, 0.2) is 0 Å². The molecule has 0 aromatic heterocycles. The Labute approximate surface area is 504 Å². The molecule has 0 heterocycles. The zero-order valence-corrected chi connectivity index (χ0v) is 59.3. The highest BCUT2D eigenvalue weighted by molar-refractivity contribution is 4.68. The second-order valence-corrected chi connectivity index (χ2v) is 23.4. The lowest BCUT2D eigenvalue weighted by Gasteiger charge is -2.21. The summed E-state index contributed by atoms with van der Waals surface area (Å²) in [5.41, 5.74) is 0.472. The van der Waals surface area contributed by atoms with Crippen LogP contribution in [0.25, 0.3) is 0 Å². The average molecular weight is 1160 g/mol. The van der Waals surface area contributed by atoms with Crippen molar-refractivity contribution in [3.8, 4) is 0 Å². The lowest BCUT2D eigenvalue weighted by atomic mass is 9.90. The number of hydrogen-bond acceptors (Lipinski definition) is 11. The molecule has 4 aliphatic rings. The molecule has 4 rings (SSSR count). The molecule has 4 aliphatic carbocycles. The summed E-state index contributed by atoms with van der Waals surface area (Å²) in [6.45, 7) is 63.5. The molecule has 0 N–H and O–H groups in total. The molecule has 0 amide bonds. The first-order valence-electron chi connectivity index (χ1n) is 33.5. The first-order valence-corrected chi connectivity index (χ1v) is 33.5. The van der Waals surface area contributed by atoms with Crippen molar-refractivity contribution in [1.29, 1.82) is 0 Å². The summed E-state index contributed by atoms with van der Waals surface area (Å²) in [6, 6.07) is 0. The van der Waals surface area contributed by atoms with Crippen molar-refractivity contribution in [2.75, 3.05) is 113 Å². The minimum Gasteiger partial charge on any atom is -0.385 e. The van der Waals surface area contributed by atoms with Crippen molar-refractivity contribution in [3.05, 3.63) is 0 Å². The normalized spacial score (nSPS) is 15.5. The topological polar surface area (TPSA) is 102 Å². The van der Waals surface area contributed by atoms with Crippen LogP contribution < -0.4 is 0 Å². The monoisotopic (exact) mass is 1160 g/mol. The van der Waals surface area contributed by atoms with Gasteiger partial charge in [-0.3, -0.25) is 0 Å². The molecule has 4 saturated carbocycles. The number of methoxy groups -OCH3 is 1. The van der Waals surface area contributed by atoms with Crippen LogP contribution >= 0.6 is 0 Å². The summed E-state index contributed by atoms with van der Waals surface area (Å²) in [5.74, 6) is 1.78. The second kappa shape index (κ2) is 74.7. The van der Waals surface area contributed by atoms with Crippen molar-refractivity contribution in [3.63, 3.8) is 0 Å². The zero-order chi connectivity index (χ0) is 62.6. The number of ether oxygens (including phenoxy) is 11. The van der Waals surface area contributed by atoms with Gasteiger partial charge in [-0.25, -0.2) is 0 Å². The molecule has 11 heteroatoms. The first-order chi connectivity index (χ1) is 38.0. The maximum atomic E-state index is 5.48. The third-order valence-electron chi connectivity index (χ3n) is 12.4. The van der Waals surface area contributed by atoms with Crippen molar-refractivity contribution in [2.24, 2.45) is 17.3 Å². The van der Waals surface area contributed by atoms with Gasteiger partial charge >= 0.3 is 0 Å². The minimum atomic E-state index is 0.0503. The molecular weight excluding hydrogens is 1000 g/mol. The molecule has 0 bridgehead atoms. The Kier molecular flexibility index (Phi) is 87.0. The Hall–Kier alpha value is -0.440. The molecule has 0 aromatic rings. The Balaban J connectivity index is -0.000000148. The molecule has 0 saturated heterocycles. The Morgan fingerprint density at radius 1 is 0.375 bits per heavy atom. The van der Waals surface area contributed by atoms with Gasteiger partial charge in [0.2, 0.25) is 0 Å². The zero-order valence-electron chi connectivity index (χ0n) is 59.3. The van der Waals surface area contributed by atoms with E-state index in [2.05, 4.69) is 102 Å². The van der Waals surface area contributed by atoms with E-state index in [4.69, 9.17) is 47.4 Å². The summed E-state index contributed by atoms with van der Waals surface area (Å²) in [7, 11) is 1.68. The van der Waals surface area contributed by atoms with Crippen molar-refractivity contribution < 1.29 is 52.1 Å². The molecule has 0 aromatic carbocycles. The SMILES string of the molecule is CCCOCC.CCOC.CCOC(C)(C)C.CCOC(C)(C)CC.CCOC(C)C.CCOC1CCCC1.CCOC1CCCCC1.CCOCC.CCOCC(C)(C)C.CCOCC1CCCC1.CCOCC1CCCCC1. The van der Waals surface area contributed by atoms with Crippen molar-refractivity contribution in [2.45, 2.75) is 324 Å². The third kappa shape index (κ3) is 96.7. The summed E-state index contributed by atoms with van der Waals surface area (Å²) in [4.78, 5) is 0. The average Bonchev–Trinajstić information content (AvgIpc) is 4.16. The molecule has 11 nitrogen and oxygen atoms in total. The highest BCUT2D eigenvalue weighted by atomic mass is 16.5. The van der Waals surface area contributed by atoms with Crippen LogP contribution in [0.4, 0.5) is 0 Å². The third-order valence-corrected chi connectivity index (χ3v) is 12.4. The lowest BCUT2D eigenvalue weighted by molar-refractivity contribution is -0.0125. The molecule has 494 valence electrons. The van der Waals surface area contributed by atoms with E-state index in [9.17, 15) is 0 Å². The molecule has 4 fully saturated rings. The van der Waals surface area contributed by atoms with Crippen molar-refractivity contribution in [1.82, 2.24) is 0 Å². The van der Waals surface area contributed by atoms with E-state index in [0.717, 1.165) is 130 Å². The highest BCUT2D eigenvalue weighted by Crippen LogP contribution is 2.25. The molecule has 0 atom stereocenters. The summed E-state index contributed by atoms with van der Waals surface area (Å²) >= 11 is 0. The highest BCUT2D eigenvalue weighted by Gasteiger charge is 2.16.